The quantitative estimate of drug-likeness (QED) is 0.449. The molecule has 21 heavy (non-hydrogen) atoms. The topological polar surface area (TPSA) is 41.6 Å². The third-order valence-corrected chi connectivity index (χ3v) is 3.32. The maximum atomic E-state index is 5.90. The van der Waals surface area contributed by atoms with E-state index < -0.39 is 0 Å². The third kappa shape index (κ3) is 3.46. The van der Waals surface area contributed by atoms with Gasteiger partial charge in [-0.25, -0.2) is 11.0 Å². The van der Waals surface area contributed by atoms with Gasteiger partial charge in [-0.2, -0.15) is 5.10 Å². The summed E-state index contributed by atoms with van der Waals surface area (Å²) in [4.78, 5) is 0. The van der Waals surface area contributed by atoms with Crippen molar-refractivity contribution in [2.45, 2.75) is 6.54 Å². The van der Waals surface area contributed by atoms with Gasteiger partial charge in [-0.3, -0.25) is 0 Å². The van der Waals surface area contributed by atoms with Gasteiger partial charge in [-0.15, -0.1) is 0 Å². The van der Waals surface area contributed by atoms with Crippen LogP contribution in [0.4, 0.5) is 0 Å². The smallest absolute Gasteiger partial charge is 0.0780 e. The van der Waals surface area contributed by atoms with Crippen LogP contribution in [0.3, 0.4) is 0 Å². The number of hydrogen-bond acceptors (Lipinski definition) is 3. The molecule has 2 N–H and O–H groups in total. The van der Waals surface area contributed by atoms with Crippen molar-refractivity contribution in [1.82, 2.24) is 5.12 Å². The number of hydrogen-bond donors (Lipinski definition) is 1. The van der Waals surface area contributed by atoms with E-state index in [1.165, 1.54) is 15.9 Å². The van der Waals surface area contributed by atoms with Crippen LogP contribution in [0.1, 0.15) is 11.1 Å². The molecule has 3 nitrogen and oxygen atoms in total. The monoisotopic (exact) mass is 275 g/mol. The molecule has 3 heteroatoms. The zero-order valence-electron chi connectivity index (χ0n) is 11.7. The Hall–Kier alpha value is -2.65. The van der Waals surface area contributed by atoms with Gasteiger partial charge < -0.3 is 0 Å². The Bertz CT molecular complexity index is 751. The third-order valence-electron chi connectivity index (χ3n) is 3.32. The summed E-state index contributed by atoms with van der Waals surface area (Å²) < 4.78 is 0. The molecule has 0 aliphatic heterocycles. The van der Waals surface area contributed by atoms with E-state index in [-0.39, 0.29) is 0 Å². The largest absolute Gasteiger partial charge is 0.231 e. The molecule has 0 radical (unpaired) electrons. The average molecular weight is 275 g/mol. The maximum Gasteiger partial charge on any atom is 0.0780 e. The SMILES string of the molecule is NN(Cc1ccccc1)/N=C/c1ccc2ccccc2c1. The molecular formula is C18H17N3. The highest BCUT2D eigenvalue weighted by molar-refractivity contribution is 5.90. The molecule has 0 bridgehead atoms. The zero-order valence-corrected chi connectivity index (χ0v) is 11.7. The molecule has 0 unspecified atom stereocenters. The summed E-state index contributed by atoms with van der Waals surface area (Å²) in [5.74, 6) is 5.90. The van der Waals surface area contributed by atoms with Crippen LogP contribution in [-0.4, -0.2) is 11.3 Å². The molecule has 0 aliphatic rings. The molecule has 3 aromatic rings. The van der Waals surface area contributed by atoms with Crippen LogP contribution in [0.25, 0.3) is 10.8 Å². The van der Waals surface area contributed by atoms with Crippen molar-refractivity contribution < 1.29 is 0 Å². The lowest BCUT2D eigenvalue weighted by atomic mass is 10.1. The molecule has 0 fully saturated rings. The fraction of sp³-hybridized carbons (Fsp3) is 0.0556. The van der Waals surface area contributed by atoms with Gasteiger partial charge >= 0.3 is 0 Å². The van der Waals surface area contributed by atoms with E-state index >= 15 is 0 Å². The van der Waals surface area contributed by atoms with Crippen LogP contribution in [0.2, 0.25) is 0 Å². The molecule has 3 aromatic carbocycles. The van der Waals surface area contributed by atoms with Gasteiger partial charge in [0, 0.05) is 0 Å². The normalized spacial score (nSPS) is 11.1. The van der Waals surface area contributed by atoms with E-state index in [0.29, 0.717) is 6.54 Å². The second-order valence-electron chi connectivity index (χ2n) is 4.93. The summed E-state index contributed by atoms with van der Waals surface area (Å²) in [5.41, 5.74) is 2.17. The van der Waals surface area contributed by atoms with Crippen molar-refractivity contribution in [2.75, 3.05) is 0 Å². The van der Waals surface area contributed by atoms with E-state index in [2.05, 4.69) is 29.4 Å². The first kappa shape index (κ1) is 13.3. The summed E-state index contributed by atoms with van der Waals surface area (Å²) in [6.45, 7) is 0.588. The van der Waals surface area contributed by atoms with Gasteiger partial charge in [0.15, 0.2) is 0 Å². The van der Waals surface area contributed by atoms with Gasteiger partial charge in [-0.05, 0) is 28.0 Å². The zero-order chi connectivity index (χ0) is 14.5. The fourth-order valence-electron chi connectivity index (χ4n) is 2.24. The van der Waals surface area contributed by atoms with Crippen molar-refractivity contribution in [3.63, 3.8) is 0 Å². The van der Waals surface area contributed by atoms with Gasteiger partial charge in [0.2, 0.25) is 0 Å². The Balaban J connectivity index is 1.72. The lowest BCUT2D eigenvalue weighted by Crippen LogP contribution is -2.24. The standard InChI is InChI=1S/C18H17N3/c19-21(14-15-6-2-1-3-7-15)20-13-16-10-11-17-8-4-5-9-18(17)12-16/h1-13H,14,19H2/b20-13+. The minimum Gasteiger partial charge on any atom is -0.231 e. The van der Waals surface area contributed by atoms with Crippen molar-refractivity contribution in [2.24, 2.45) is 10.9 Å². The van der Waals surface area contributed by atoms with E-state index in [0.717, 1.165) is 11.1 Å². The number of fused-ring (bicyclic) bond motifs is 1. The van der Waals surface area contributed by atoms with Crippen LogP contribution in [-0.2, 0) is 6.54 Å². The van der Waals surface area contributed by atoms with Crippen molar-refractivity contribution in [3.8, 4) is 0 Å². The summed E-state index contributed by atoms with van der Waals surface area (Å²) in [7, 11) is 0. The molecule has 0 aromatic heterocycles. The highest BCUT2D eigenvalue weighted by Gasteiger charge is 1.97. The summed E-state index contributed by atoms with van der Waals surface area (Å²) in [5, 5.41) is 8.16. The number of hydrazine groups is 1. The lowest BCUT2D eigenvalue weighted by Gasteiger charge is -2.11. The molecule has 0 saturated heterocycles. The maximum absolute atomic E-state index is 5.90. The van der Waals surface area contributed by atoms with Crippen LogP contribution >= 0.6 is 0 Å². The highest BCUT2D eigenvalue weighted by atomic mass is 15.6. The minimum absolute atomic E-state index is 0.588. The minimum atomic E-state index is 0.588. The number of rotatable bonds is 4. The first-order valence-electron chi connectivity index (χ1n) is 6.90. The van der Waals surface area contributed by atoms with Gasteiger partial charge in [-0.1, -0.05) is 66.7 Å². The molecule has 0 atom stereocenters. The van der Waals surface area contributed by atoms with E-state index in [1.807, 2.05) is 48.5 Å². The number of nitrogens with two attached hydrogens (primary N) is 1. The lowest BCUT2D eigenvalue weighted by molar-refractivity contribution is 0.292. The molecule has 0 aliphatic carbocycles. The Morgan fingerprint density at radius 1 is 0.857 bits per heavy atom. The van der Waals surface area contributed by atoms with Crippen LogP contribution in [0.15, 0.2) is 77.9 Å². The van der Waals surface area contributed by atoms with Crippen LogP contribution in [0, 0.1) is 0 Å². The van der Waals surface area contributed by atoms with Crippen molar-refractivity contribution in [3.05, 3.63) is 83.9 Å². The van der Waals surface area contributed by atoms with E-state index in [9.17, 15) is 0 Å². The Morgan fingerprint density at radius 2 is 1.57 bits per heavy atom. The van der Waals surface area contributed by atoms with E-state index in [4.69, 9.17) is 5.84 Å². The summed E-state index contributed by atoms with van der Waals surface area (Å²) in [6, 6.07) is 24.6. The average Bonchev–Trinajstić information content (AvgIpc) is 2.54. The van der Waals surface area contributed by atoms with Crippen molar-refractivity contribution >= 4 is 17.0 Å². The second-order valence-corrected chi connectivity index (χ2v) is 4.93. The molecule has 0 amide bonds. The van der Waals surface area contributed by atoms with Gasteiger partial charge in [0.25, 0.3) is 0 Å². The molecule has 0 saturated carbocycles. The predicted molar refractivity (Wildman–Crippen MR) is 87.7 cm³/mol. The highest BCUT2D eigenvalue weighted by Crippen LogP contribution is 2.14. The number of benzene rings is 3. The molecule has 104 valence electrons. The molecular weight excluding hydrogens is 258 g/mol. The Kier molecular flexibility index (Phi) is 3.94. The molecule has 3 rings (SSSR count). The number of nitrogens with zero attached hydrogens (tertiary/aromatic N) is 2. The second kappa shape index (κ2) is 6.20. The Morgan fingerprint density at radius 3 is 2.38 bits per heavy atom. The summed E-state index contributed by atoms with van der Waals surface area (Å²) >= 11 is 0. The predicted octanol–water partition coefficient (Wildman–Crippen LogP) is 3.55. The molecule has 0 spiro atoms. The first-order chi connectivity index (χ1) is 10.3. The number of hydrazone groups is 1. The van der Waals surface area contributed by atoms with Crippen LogP contribution < -0.4 is 5.84 Å². The van der Waals surface area contributed by atoms with Crippen LogP contribution in [0.5, 0.6) is 0 Å². The first-order valence-corrected chi connectivity index (χ1v) is 6.90. The Labute approximate surface area is 124 Å². The van der Waals surface area contributed by atoms with Gasteiger partial charge in [0.05, 0.1) is 12.8 Å². The summed E-state index contributed by atoms with van der Waals surface area (Å²) in [6.07, 6.45) is 1.79. The van der Waals surface area contributed by atoms with Crippen molar-refractivity contribution in [1.29, 1.82) is 0 Å². The van der Waals surface area contributed by atoms with E-state index in [1.54, 1.807) is 6.21 Å². The van der Waals surface area contributed by atoms with Gasteiger partial charge in [0.1, 0.15) is 0 Å². The fourth-order valence-corrected chi connectivity index (χ4v) is 2.24. The molecule has 0 heterocycles.